The zero-order chi connectivity index (χ0) is 23.0. The number of aliphatic hydroxyl groups excluding tert-OH is 3. The van der Waals surface area contributed by atoms with Crippen LogP contribution in [0.25, 0.3) is 0 Å². The summed E-state index contributed by atoms with van der Waals surface area (Å²) in [6, 6.07) is 4.37. The van der Waals surface area contributed by atoms with Crippen LogP contribution in [0.15, 0.2) is 12.1 Å². The maximum atomic E-state index is 9.60. The zero-order valence-electron chi connectivity index (χ0n) is 18.7. The van der Waals surface area contributed by atoms with Crippen LogP contribution >= 0.6 is 8.60 Å². The summed E-state index contributed by atoms with van der Waals surface area (Å²) < 4.78 is 6.18. The summed E-state index contributed by atoms with van der Waals surface area (Å²) in [4.78, 5) is 21.7. The number of benzene rings is 1. The number of ether oxygens (including phenoxy) is 1. The van der Waals surface area contributed by atoms with Gasteiger partial charge < -0.3 is 34.7 Å². The molecule has 7 nitrogen and oxygen atoms in total. The van der Waals surface area contributed by atoms with Crippen LogP contribution in [0.1, 0.15) is 65.2 Å². The van der Waals surface area contributed by atoms with Crippen molar-refractivity contribution in [3.63, 3.8) is 0 Å². The molecule has 0 bridgehead atoms. The fourth-order valence-corrected chi connectivity index (χ4v) is 2.67. The van der Waals surface area contributed by atoms with Gasteiger partial charge in [0.25, 0.3) is 0 Å². The number of aryl methyl sites for hydroxylation is 1. The molecule has 0 radical (unpaired) electrons. The molecule has 0 aliphatic carbocycles. The first-order valence-electron chi connectivity index (χ1n) is 9.67. The summed E-state index contributed by atoms with van der Waals surface area (Å²) in [5, 5.41) is 28.8. The summed E-state index contributed by atoms with van der Waals surface area (Å²) in [6.07, 6.45) is 0.945. The first-order valence-corrected chi connectivity index (χ1v) is 10.9. The average molecular weight is 435 g/mol. The van der Waals surface area contributed by atoms with Gasteiger partial charge in [-0.05, 0) is 22.8 Å². The van der Waals surface area contributed by atoms with E-state index >= 15 is 0 Å². The number of hydrogen-bond acceptors (Lipinski definition) is 7. The Hall–Kier alpha value is -0.790. The molecule has 0 aliphatic rings. The topological polar surface area (TPSA) is 131 Å². The minimum atomic E-state index is -2.62. The molecule has 8 heteroatoms. The second-order valence-corrected chi connectivity index (χ2v) is 9.94. The summed E-state index contributed by atoms with van der Waals surface area (Å²) in [6.45, 7) is 14.1. The fourth-order valence-electron chi connectivity index (χ4n) is 2.67. The summed E-state index contributed by atoms with van der Waals surface area (Å²) in [5.74, 6) is 0.803. The van der Waals surface area contributed by atoms with Crippen molar-refractivity contribution in [1.29, 1.82) is 0 Å². The lowest BCUT2D eigenvalue weighted by Gasteiger charge is -2.33. The van der Waals surface area contributed by atoms with Gasteiger partial charge in [-0.25, -0.2) is 0 Å². The third kappa shape index (κ3) is 8.85. The quantitative estimate of drug-likeness (QED) is 0.363. The molecule has 170 valence electrons. The highest BCUT2D eigenvalue weighted by Gasteiger charge is 2.33. The van der Waals surface area contributed by atoms with Crippen molar-refractivity contribution in [2.24, 2.45) is 5.41 Å². The highest BCUT2D eigenvalue weighted by Crippen LogP contribution is 2.41. The molecule has 0 atom stereocenters. The van der Waals surface area contributed by atoms with E-state index in [1.165, 1.54) is 5.56 Å². The molecule has 0 saturated carbocycles. The molecule has 0 unspecified atom stereocenters. The van der Waals surface area contributed by atoms with Crippen LogP contribution in [0, 0.1) is 5.41 Å². The Morgan fingerprint density at radius 1 is 0.793 bits per heavy atom. The van der Waals surface area contributed by atoms with E-state index in [0.717, 1.165) is 23.3 Å². The van der Waals surface area contributed by atoms with Crippen molar-refractivity contribution in [2.75, 3.05) is 26.4 Å². The van der Waals surface area contributed by atoms with E-state index in [2.05, 4.69) is 60.6 Å². The van der Waals surface area contributed by atoms with Crippen LogP contribution in [-0.2, 0) is 17.3 Å². The third-order valence-corrected chi connectivity index (χ3v) is 4.70. The Bertz CT molecular complexity index is 568. The van der Waals surface area contributed by atoms with Crippen molar-refractivity contribution in [3.8, 4) is 5.75 Å². The van der Waals surface area contributed by atoms with Gasteiger partial charge in [-0.2, -0.15) is 0 Å². The molecular formula is C21H39O7P. The summed E-state index contributed by atoms with van der Waals surface area (Å²) in [5.41, 5.74) is 2.22. The van der Waals surface area contributed by atoms with E-state index in [4.69, 9.17) is 19.4 Å². The third-order valence-electron chi connectivity index (χ3n) is 4.70. The molecule has 0 aromatic heterocycles. The Labute approximate surface area is 176 Å². The molecule has 29 heavy (non-hydrogen) atoms. The minimum absolute atomic E-state index is 0.0636. The van der Waals surface area contributed by atoms with Gasteiger partial charge in [0.1, 0.15) is 12.4 Å². The van der Waals surface area contributed by atoms with Gasteiger partial charge in [0.15, 0.2) is 0 Å². The molecule has 6 N–H and O–H groups in total. The number of hydrogen-bond donors (Lipinski definition) is 6. The lowest BCUT2D eigenvalue weighted by Crippen LogP contribution is -2.40. The van der Waals surface area contributed by atoms with Gasteiger partial charge in [-0.3, -0.25) is 0 Å². The van der Waals surface area contributed by atoms with Crippen molar-refractivity contribution >= 4 is 8.60 Å². The standard InChI is InChI=1S/C21H36O4.H3O3P/c1-8-15-9-16(19(2,3)4)18(17(10-15)20(5,6)7)25-14-21(11-22,12-23)13-24;1-4(2)3/h9-10,22-24H,8,11-14H2,1-7H3;1-3H. The van der Waals surface area contributed by atoms with Crippen molar-refractivity contribution < 1.29 is 34.7 Å². The molecule has 1 aromatic rings. The second-order valence-electron chi connectivity index (χ2n) is 9.40. The zero-order valence-corrected chi connectivity index (χ0v) is 19.6. The maximum absolute atomic E-state index is 9.60. The monoisotopic (exact) mass is 434 g/mol. The first-order chi connectivity index (χ1) is 13.2. The van der Waals surface area contributed by atoms with Gasteiger partial charge in [0, 0.05) is 11.1 Å². The SMILES string of the molecule is CCc1cc(C(C)(C)C)c(OCC(CO)(CO)CO)c(C(C)(C)C)c1.OP(O)O. The van der Waals surface area contributed by atoms with Crippen LogP contribution in [-0.4, -0.2) is 56.4 Å². The highest BCUT2D eigenvalue weighted by atomic mass is 31.2. The smallest absolute Gasteiger partial charge is 0.324 e. The molecule has 0 heterocycles. The molecule has 1 aromatic carbocycles. The lowest BCUT2D eigenvalue weighted by molar-refractivity contribution is -0.0265. The molecule has 0 fully saturated rings. The molecular weight excluding hydrogens is 395 g/mol. The maximum Gasteiger partial charge on any atom is 0.324 e. The first kappa shape index (κ1) is 28.2. The molecule has 0 aliphatic heterocycles. The van der Waals surface area contributed by atoms with Gasteiger partial charge in [0.05, 0.1) is 25.2 Å². The Morgan fingerprint density at radius 3 is 1.38 bits per heavy atom. The van der Waals surface area contributed by atoms with Crippen LogP contribution in [0.2, 0.25) is 0 Å². The Balaban J connectivity index is 0.00000178. The van der Waals surface area contributed by atoms with E-state index in [9.17, 15) is 15.3 Å². The Kier molecular flexibility index (Phi) is 11.2. The molecule has 0 saturated heterocycles. The van der Waals surface area contributed by atoms with Gasteiger partial charge >= 0.3 is 8.60 Å². The summed E-state index contributed by atoms with van der Waals surface area (Å²) >= 11 is 0. The second kappa shape index (κ2) is 11.6. The summed E-state index contributed by atoms with van der Waals surface area (Å²) in [7, 11) is -2.62. The van der Waals surface area contributed by atoms with Crippen molar-refractivity contribution in [2.45, 2.75) is 65.7 Å². The van der Waals surface area contributed by atoms with Crippen molar-refractivity contribution in [1.82, 2.24) is 0 Å². The van der Waals surface area contributed by atoms with E-state index < -0.39 is 14.0 Å². The van der Waals surface area contributed by atoms with E-state index in [1.807, 2.05) is 0 Å². The van der Waals surface area contributed by atoms with Crippen LogP contribution in [0.5, 0.6) is 5.75 Å². The normalized spacial score (nSPS) is 12.6. The predicted molar refractivity (Wildman–Crippen MR) is 116 cm³/mol. The molecule has 0 amide bonds. The van der Waals surface area contributed by atoms with E-state index in [0.29, 0.717) is 0 Å². The number of rotatable bonds is 7. The van der Waals surface area contributed by atoms with Gasteiger partial charge in [0.2, 0.25) is 0 Å². The number of aliphatic hydroxyl groups is 3. The van der Waals surface area contributed by atoms with E-state index in [1.54, 1.807) is 0 Å². The van der Waals surface area contributed by atoms with Gasteiger partial charge in [-0.1, -0.05) is 60.6 Å². The van der Waals surface area contributed by atoms with Crippen LogP contribution in [0.4, 0.5) is 0 Å². The molecule has 1 rings (SSSR count). The predicted octanol–water partition coefficient (Wildman–Crippen LogP) is 2.38. The molecule has 0 spiro atoms. The average Bonchev–Trinajstić information content (AvgIpc) is 2.60. The van der Waals surface area contributed by atoms with E-state index in [-0.39, 0.29) is 37.3 Å². The van der Waals surface area contributed by atoms with Crippen LogP contribution < -0.4 is 4.74 Å². The van der Waals surface area contributed by atoms with Crippen LogP contribution in [0.3, 0.4) is 0 Å². The lowest BCUT2D eigenvalue weighted by atomic mass is 9.78. The highest BCUT2D eigenvalue weighted by molar-refractivity contribution is 7.38. The fraction of sp³-hybridized carbons (Fsp3) is 0.714. The Morgan fingerprint density at radius 2 is 1.14 bits per heavy atom. The van der Waals surface area contributed by atoms with Crippen molar-refractivity contribution in [3.05, 3.63) is 28.8 Å². The largest absolute Gasteiger partial charge is 0.492 e. The van der Waals surface area contributed by atoms with Gasteiger partial charge in [-0.15, -0.1) is 0 Å². The minimum Gasteiger partial charge on any atom is -0.492 e.